The molecule has 0 amide bonds. The number of hydrogen-bond acceptors (Lipinski definition) is 3. The fourth-order valence-electron chi connectivity index (χ4n) is 1.81. The van der Waals surface area contributed by atoms with Gasteiger partial charge in [0, 0.05) is 5.56 Å². The Morgan fingerprint density at radius 1 is 1.33 bits per heavy atom. The molecular formula is C15H13BrClFO3. The van der Waals surface area contributed by atoms with Crippen LogP contribution in [0.5, 0.6) is 11.5 Å². The maximum Gasteiger partial charge on any atom is 0.180 e. The van der Waals surface area contributed by atoms with Crippen LogP contribution in [0.15, 0.2) is 34.8 Å². The Morgan fingerprint density at radius 2 is 2.10 bits per heavy atom. The quantitative estimate of drug-likeness (QED) is 0.846. The lowest BCUT2D eigenvalue weighted by atomic mass is 10.2. The number of benzene rings is 2. The fourth-order valence-corrected chi connectivity index (χ4v) is 2.48. The first-order valence-electron chi connectivity index (χ1n) is 6.09. The van der Waals surface area contributed by atoms with Crippen molar-refractivity contribution >= 4 is 27.5 Å². The lowest BCUT2D eigenvalue weighted by Crippen LogP contribution is -2.01. The molecule has 3 nitrogen and oxygen atoms in total. The van der Waals surface area contributed by atoms with Crippen LogP contribution in [0.25, 0.3) is 0 Å². The topological polar surface area (TPSA) is 38.7 Å². The Kier molecular flexibility index (Phi) is 5.45. The second-order valence-electron chi connectivity index (χ2n) is 4.27. The average Bonchev–Trinajstić information content (AvgIpc) is 2.49. The average molecular weight is 376 g/mol. The van der Waals surface area contributed by atoms with E-state index in [4.69, 9.17) is 26.2 Å². The number of hydrogen-bond donors (Lipinski definition) is 1. The molecule has 0 aliphatic rings. The standard InChI is InChI=1S/C15H13BrClFO3/c1-20-13-6-9(7-19)5-11(17)15(13)21-8-10-3-2-4-12(18)14(10)16/h2-6,19H,7-8H2,1H3. The fraction of sp³-hybridized carbons (Fsp3) is 0.200. The molecule has 0 saturated heterocycles. The van der Waals surface area contributed by atoms with Crippen molar-refractivity contribution in [3.63, 3.8) is 0 Å². The normalized spacial score (nSPS) is 10.5. The van der Waals surface area contributed by atoms with Crippen LogP contribution >= 0.6 is 27.5 Å². The Labute approximate surface area is 135 Å². The molecule has 0 unspecified atom stereocenters. The van der Waals surface area contributed by atoms with Crippen molar-refractivity contribution in [3.8, 4) is 11.5 Å². The molecule has 0 aliphatic heterocycles. The van der Waals surface area contributed by atoms with Crippen molar-refractivity contribution in [2.75, 3.05) is 7.11 Å². The highest BCUT2D eigenvalue weighted by atomic mass is 79.9. The summed E-state index contributed by atoms with van der Waals surface area (Å²) in [5.41, 5.74) is 1.27. The molecule has 112 valence electrons. The van der Waals surface area contributed by atoms with Crippen molar-refractivity contribution < 1.29 is 19.0 Å². The molecule has 0 saturated carbocycles. The lowest BCUT2D eigenvalue weighted by molar-refractivity contribution is 0.274. The van der Waals surface area contributed by atoms with Crippen LogP contribution in [-0.2, 0) is 13.2 Å². The first-order valence-corrected chi connectivity index (χ1v) is 7.27. The van der Waals surface area contributed by atoms with E-state index in [1.54, 1.807) is 24.3 Å². The summed E-state index contributed by atoms with van der Waals surface area (Å²) in [6, 6.07) is 7.95. The molecule has 0 aliphatic carbocycles. The van der Waals surface area contributed by atoms with Crippen LogP contribution in [0.1, 0.15) is 11.1 Å². The van der Waals surface area contributed by atoms with E-state index in [-0.39, 0.29) is 19.0 Å². The minimum absolute atomic E-state index is 0.132. The number of ether oxygens (including phenoxy) is 2. The van der Waals surface area contributed by atoms with E-state index < -0.39 is 0 Å². The molecule has 21 heavy (non-hydrogen) atoms. The predicted molar refractivity (Wildman–Crippen MR) is 82.4 cm³/mol. The number of aliphatic hydroxyl groups excluding tert-OH is 1. The molecule has 6 heteroatoms. The van der Waals surface area contributed by atoms with Gasteiger partial charge in [0.2, 0.25) is 0 Å². The van der Waals surface area contributed by atoms with E-state index in [9.17, 15) is 4.39 Å². The van der Waals surface area contributed by atoms with E-state index in [0.717, 1.165) is 0 Å². The van der Waals surface area contributed by atoms with Crippen LogP contribution in [0.3, 0.4) is 0 Å². The van der Waals surface area contributed by atoms with Crippen LogP contribution < -0.4 is 9.47 Å². The molecule has 0 radical (unpaired) electrons. The van der Waals surface area contributed by atoms with Gasteiger partial charge >= 0.3 is 0 Å². The molecule has 0 spiro atoms. The largest absolute Gasteiger partial charge is 0.493 e. The number of halogens is 3. The van der Waals surface area contributed by atoms with Crippen LogP contribution in [0, 0.1) is 5.82 Å². The third-order valence-electron chi connectivity index (χ3n) is 2.88. The summed E-state index contributed by atoms with van der Waals surface area (Å²) in [6.45, 7) is -0.0152. The van der Waals surface area contributed by atoms with Gasteiger partial charge in [-0.05, 0) is 39.7 Å². The second-order valence-corrected chi connectivity index (χ2v) is 5.47. The van der Waals surface area contributed by atoms with Crippen LogP contribution in [-0.4, -0.2) is 12.2 Å². The van der Waals surface area contributed by atoms with Gasteiger partial charge in [0.25, 0.3) is 0 Å². The van der Waals surface area contributed by atoms with Gasteiger partial charge in [-0.3, -0.25) is 0 Å². The summed E-state index contributed by atoms with van der Waals surface area (Å²) >= 11 is 9.31. The second kappa shape index (κ2) is 7.11. The van der Waals surface area contributed by atoms with Crippen molar-refractivity contribution in [1.82, 2.24) is 0 Å². The zero-order chi connectivity index (χ0) is 15.4. The highest BCUT2D eigenvalue weighted by Crippen LogP contribution is 2.37. The maximum atomic E-state index is 13.4. The summed E-state index contributed by atoms with van der Waals surface area (Å²) in [7, 11) is 1.48. The van der Waals surface area contributed by atoms with E-state index in [0.29, 0.717) is 32.1 Å². The Hall–Kier alpha value is -1.30. The smallest absolute Gasteiger partial charge is 0.180 e. The number of rotatable bonds is 5. The summed E-state index contributed by atoms with van der Waals surface area (Å²) in [6.07, 6.45) is 0. The molecular weight excluding hydrogens is 363 g/mol. The maximum absolute atomic E-state index is 13.4. The molecule has 0 atom stereocenters. The molecule has 0 bridgehead atoms. The van der Waals surface area contributed by atoms with E-state index in [1.807, 2.05) is 0 Å². The van der Waals surface area contributed by atoms with Crippen molar-refractivity contribution in [2.24, 2.45) is 0 Å². The monoisotopic (exact) mass is 374 g/mol. The number of aliphatic hydroxyl groups is 1. The number of methoxy groups -OCH3 is 1. The van der Waals surface area contributed by atoms with Gasteiger partial charge in [0.15, 0.2) is 11.5 Å². The minimum atomic E-state index is -0.357. The van der Waals surface area contributed by atoms with Gasteiger partial charge in [-0.2, -0.15) is 0 Å². The summed E-state index contributed by atoms with van der Waals surface area (Å²) < 4.78 is 24.7. The molecule has 0 aromatic heterocycles. The molecule has 2 aromatic rings. The van der Waals surface area contributed by atoms with Gasteiger partial charge in [0.05, 0.1) is 23.2 Å². The third-order valence-corrected chi connectivity index (χ3v) is 4.04. The summed E-state index contributed by atoms with van der Waals surface area (Å²) in [5.74, 6) is 0.413. The molecule has 1 N–H and O–H groups in total. The van der Waals surface area contributed by atoms with Gasteiger partial charge in [-0.15, -0.1) is 0 Å². The first-order chi connectivity index (χ1) is 10.1. The van der Waals surface area contributed by atoms with Crippen LogP contribution in [0.2, 0.25) is 5.02 Å². The van der Waals surface area contributed by atoms with E-state index in [1.165, 1.54) is 13.2 Å². The van der Waals surface area contributed by atoms with Gasteiger partial charge in [-0.25, -0.2) is 4.39 Å². The van der Waals surface area contributed by atoms with Crippen molar-refractivity contribution in [2.45, 2.75) is 13.2 Å². The van der Waals surface area contributed by atoms with E-state index in [2.05, 4.69) is 15.9 Å². The highest BCUT2D eigenvalue weighted by Gasteiger charge is 2.13. The Balaban J connectivity index is 2.25. The zero-order valence-electron chi connectivity index (χ0n) is 11.2. The molecule has 0 fully saturated rings. The molecule has 2 aromatic carbocycles. The summed E-state index contributed by atoms with van der Waals surface area (Å²) in [4.78, 5) is 0. The van der Waals surface area contributed by atoms with Crippen LogP contribution in [0.4, 0.5) is 4.39 Å². The lowest BCUT2D eigenvalue weighted by Gasteiger charge is -2.14. The Bertz CT molecular complexity index is 649. The molecule has 0 heterocycles. The van der Waals surface area contributed by atoms with Crippen molar-refractivity contribution in [3.05, 3.63) is 56.8 Å². The van der Waals surface area contributed by atoms with Crippen molar-refractivity contribution in [1.29, 1.82) is 0 Å². The van der Waals surface area contributed by atoms with Gasteiger partial charge < -0.3 is 14.6 Å². The zero-order valence-corrected chi connectivity index (χ0v) is 13.5. The predicted octanol–water partition coefficient (Wildman–Crippen LogP) is 4.32. The minimum Gasteiger partial charge on any atom is -0.493 e. The van der Waals surface area contributed by atoms with Gasteiger partial charge in [-0.1, -0.05) is 23.7 Å². The van der Waals surface area contributed by atoms with E-state index >= 15 is 0 Å². The summed E-state index contributed by atoms with van der Waals surface area (Å²) in [5, 5.41) is 9.47. The molecule has 2 rings (SSSR count). The third kappa shape index (κ3) is 3.67. The first kappa shape index (κ1) is 16.1. The SMILES string of the molecule is COc1cc(CO)cc(Cl)c1OCc1cccc(F)c1Br. The highest BCUT2D eigenvalue weighted by molar-refractivity contribution is 9.10. The van der Waals surface area contributed by atoms with Gasteiger partial charge in [0.1, 0.15) is 12.4 Å². The Morgan fingerprint density at radius 3 is 2.76 bits per heavy atom.